The van der Waals surface area contributed by atoms with Crippen molar-refractivity contribution in [3.05, 3.63) is 47.5 Å². The van der Waals surface area contributed by atoms with E-state index in [-0.39, 0.29) is 6.10 Å². The zero-order valence-corrected chi connectivity index (χ0v) is 19.6. The first-order valence-corrected chi connectivity index (χ1v) is 11.5. The van der Waals surface area contributed by atoms with Crippen molar-refractivity contribution in [3.8, 4) is 0 Å². The Morgan fingerprint density at radius 3 is 2.62 bits per heavy atom. The molecule has 0 amide bonds. The number of aryl methyl sites for hydroxylation is 1. The number of nitrogens with one attached hydrogen (secondary N) is 2. The number of guanidine groups is 1. The van der Waals surface area contributed by atoms with Gasteiger partial charge in [-0.1, -0.05) is 30.3 Å². The zero-order chi connectivity index (χ0) is 22.6. The Labute approximate surface area is 191 Å². The first-order chi connectivity index (χ1) is 15.6. The lowest BCUT2D eigenvalue weighted by molar-refractivity contribution is 0.0389. The van der Waals surface area contributed by atoms with Crippen molar-refractivity contribution in [3.63, 3.8) is 0 Å². The summed E-state index contributed by atoms with van der Waals surface area (Å²) in [6, 6.07) is 10.3. The topological polar surface area (TPSA) is 88.8 Å². The van der Waals surface area contributed by atoms with Gasteiger partial charge in [0.25, 0.3) is 0 Å². The van der Waals surface area contributed by atoms with Crippen LogP contribution in [0.2, 0.25) is 0 Å². The lowest BCUT2D eigenvalue weighted by Gasteiger charge is -2.26. The Morgan fingerprint density at radius 1 is 1.16 bits per heavy atom. The number of aliphatic imine (C=N–C) groups is 1. The van der Waals surface area contributed by atoms with Crippen LogP contribution in [0.5, 0.6) is 0 Å². The molecule has 1 aromatic carbocycles. The molecular formula is C23H37N7O2. The average Bonchev–Trinajstić information content (AvgIpc) is 3.15. The van der Waals surface area contributed by atoms with Crippen LogP contribution < -0.4 is 10.6 Å². The molecule has 0 radical (unpaired) electrons. The highest BCUT2D eigenvalue weighted by Gasteiger charge is 2.10. The molecule has 2 heterocycles. The van der Waals surface area contributed by atoms with Crippen LogP contribution in [0.4, 0.5) is 0 Å². The van der Waals surface area contributed by atoms with Crippen LogP contribution in [0.25, 0.3) is 0 Å². The maximum Gasteiger partial charge on any atom is 0.191 e. The first kappa shape index (κ1) is 24.2. The average molecular weight is 444 g/mol. The zero-order valence-electron chi connectivity index (χ0n) is 19.6. The molecule has 1 aromatic heterocycles. The monoisotopic (exact) mass is 443 g/mol. The van der Waals surface area contributed by atoms with E-state index in [9.17, 15) is 0 Å². The number of nitrogens with zero attached hydrogens (tertiary/aromatic N) is 5. The third-order valence-electron chi connectivity index (χ3n) is 5.64. The molecule has 9 nitrogen and oxygen atoms in total. The summed E-state index contributed by atoms with van der Waals surface area (Å²) in [7, 11) is 1.96. The molecule has 9 heteroatoms. The largest absolute Gasteiger partial charge is 0.379 e. The van der Waals surface area contributed by atoms with E-state index in [1.807, 2.05) is 36.7 Å². The Balaban J connectivity index is 1.43. The van der Waals surface area contributed by atoms with Crippen molar-refractivity contribution in [2.45, 2.75) is 32.9 Å². The lowest BCUT2D eigenvalue weighted by Crippen LogP contribution is -2.44. The van der Waals surface area contributed by atoms with E-state index >= 15 is 0 Å². The summed E-state index contributed by atoms with van der Waals surface area (Å²) in [5, 5.41) is 15.2. The van der Waals surface area contributed by atoms with Gasteiger partial charge in [0.05, 0.1) is 19.3 Å². The first-order valence-electron chi connectivity index (χ1n) is 11.5. The Kier molecular flexibility index (Phi) is 9.93. The normalized spacial score (nSPS) is 16.2. The molecule has 1 saturated heterocycles. The standard InChI is InChI=1S/C23H37N7O2/c1-19(21-8-5-4-6-9-21)32-15-7-10-24-23(25-11-12-30-13-16-31-17-14-30)26-18-22-28-27-20(2)29(22)3/h4-6,8-9,19H,7,10-18H2,1-3H3,(H2,24,25,26). The molecule has 176 valence electrons. The van der Waals surface area contributed by atoms with E-state index in [0.717, 1.165) is 70.0 Å². The van der Waals surface area contributed by atoms with Gasteiger partial charge in [-0.05, 0) is 25.8 Å². The summed E-state index contributed by atoms with van der Waals surface area (Å²) < 4.78 is 13.4. The van der Waals surface area contributed by atoms with E-state index in [0.29, 0.717) is 13.2 Å². The van der Waals surface area contributed by atoms with Crippen molar-refractivity contribution < 1.29 is 9.47 Å². The second kappa shape index (κ2) is 13.1. The fraction of sp³-hybridized carbons (Fsp3) is 0.609. The number of aromatic nitrogens is 3. The third kappa shape index (κ3) is 7.89. The molecule has 0 bridgehead atoms. The van der Waals surface area contributed by atoms with E-state index in [1.54, 1.807) is 0 Å². The van der Waals surface area contributed by atoms with Crippen LogP contribution >= 0.6 is 0 Å². The number of hydrogen-bond acceptors (Lipinski definition) is 6. The van der Waals surface area contributed by atoms with Gasteiger partial charge in [0, 0.05) is 46.4 Å². The highest BCUT2D eigenvalue weighted by atomic mass is 16.5. The maximum atomic E-state index is 5.98. The van der Waals surface area contributed by atoms with Gasteiger partial charge < -0.3 is 24.7 Å². The summed E-state index contributed by atoms with van der Waals surface area (Å²) in [5.41, 5.74) is 1.20. The van der Waals surface area contributed by atoms with Gasteiger partial charge in [0.15, 0.2) is 11.8 Å². The van der Waals surface area contributed by atoms with E-state index in [2.05, 4.69) is 44.8 Å². The van der Waals surface area contributed by atoms with Crippen LogP contribution in [-0.4, -0.2) is 78.2 Å². The van der Waals surface area contributed by atoms with Gasteiger partial charge in [-0.25, -0.2) is 4.99 Å². The van der Waals surface area contributed by atoms with Crippen LogP contribution in [0.3, 0.4) is 0 Å². The second-order valence-corrected chi connectivity index (χ2v) is 7.97. The number of benzene rings is 1. The van der Waals surface area contributed by atoms with Crippen molar-refractivity contribution >= 4 is 5.96 Å². The van der Waals surface area contributed by atoms with Crippen molar-refractivity contribution in [1.82, 2.24) is 30.3 Å². The Morgan fingerprint density at radius 2 is 1.91 bits per heavy atom. The Bertz CT molecular complexity index is 819. The van der Waals surface area contributed by atoms with Crippen LogP contribution in [0, 0.1) is 6.92 Å². The molecule has 1 atom stereocenters. The number of morpholine rings is 1. The summed E-state index contributed by atoms with van der Waals surface area (Å²) in [5.74, 6) is 2.52. The van der Waals surface area contributed by atoms with Crippen LogP contribution in [-0.2, 0) is 23.1 Å². The van der Waals surface area contributed by atoms with Gasteiger partial charge in [-0.3, -0.25) is 4.90 Å². The minimum Gasteiger partial charge on any atom is -0.379 e. The van der Waals surface area contributed by atoms with E-state index in [4.69, 9.17) is 14.5 Å². The molecule has 32 heavy (non-hydrogen) atoms. The van der Waals surface area contributed by atoms with E-state index < -0.39 is 0 Å². The predicted molar refractivity (Wildman–Crippen MR) is 126 cm³/mol. The smallest absolute Gasteiger partial charge is 0.191 e. The van der Waals surface area contributed by atoms with Gasteiger partial charge in [-0.2, -0.15) is 0 Å². The summed E-state index contributed by atoms with van der Waals surface area (Å²) in [6.45, 7) is 11.4. The number of hydrogen-bond donors (Lipinski definition) is 2. The molecule has 1 aliphatic rings. The molecule has 0 aliphatic carbocycles. The molecule has 2 N–H and O–H groups in total. The quantitative estimate of drug-likeness (QED) is 0.310. The molecule has 0 saturated carbocycles. The fourth-order valence-electron chi connectivity index (χ4n) is 3.43. The maximum absolute atomic E-state index is 5.98. The van der Waals surface area contributed by atoms with Gasteiger partial charge in [-0.15, -0.1) is 10.2 Å². The number of rotatable bonds is 11. The second-order valence-electron chi connectivity index (χ2n) is 7.97. The van der Waals surface area contributed by atoms with Crippen molar-refractivity contribution in [2.24, 2.45) is 12.0 Å². The molecule has 1 unspecified atom stereocenters. The molecule has 1 fully saturated rings. The highest BCUT2D eigenvalue weighted by molar-refractivity contribution is 5.79. The highest BCUT2D eigenvalue weighted by Crippen LogP contribution is 2.15. The molecule has 0 spiro atoms. The van der Waals surface area contributed by atoms with Crippen LogP contribution in [0.1, 0.15) is 36.7 Å². The Hall–Kier alpha value is -2.49. The third-order valence-corrected chi connectivity index (χ3v) is 5.64. The van der Waals surface area contributed by atoms with Crippen molar-refractivity contribution in [2.75, 3.05) is 52.5 Å². The van der Waals surface area contributed by atoms with Crippen molar-refractivity contribution in [1.29, 1.82) is 0 Å². The van der Waals surface area contributed by atoms with Gasteiger partial charge in [0.2, 0.25) is 0 Å². The minimum absolute atomic E-state index is 0.0927. The summed E-state index contributed by atoms with van der Waals surface area (Å²) >= 11 is 0. The molecule has 1 aliphatic heterocycles. The number of ether oxygens (including phenoxy) is 2. The minimum atomic E-state index is 0.0927. The lowest BCUT2D eigenvalue weighted by atomic mass is 10.1. The van der Waals surface area contributed by atoms with Crippen LogP contribution in [0.15, 0.2) is 35.3 Å². The summed E-state index contributed by atoms with van der Waals surface area (Å²) in [4.78, 5) is 7.12. The van der Waals surface area contributed by atoms with Gasteiger partial charge in [0.1, 0.15) is 12.4 Å². The molecule has 2 aromatic rings. The predicted octanol–water partition coefficient (Wildman–Crippen LogP) is 1.66. The summed E-state index contributed by atoms with van der Waals surface area (Å²) in [6.07, 6.45) is 0.986. The van der Waals surface area contributed by atoms with Gasteiger partial charge >= 0.3 is 0 Å². The fourth-order valence-corrected chi connectivity index (χ4v) is 3.43. The molecular weight excluding hydrogens is 406 g/mol. The molecule has 3 rings (SSSR count). The SMILES string of the molecule is Cc1nnc(CN=C(NCCCOC(C)c2ccccc2)NCCN2CCOCC2)n1C. The van der Waals surface area contributed by atoms with E-state index in [1.165, 1.54) is 5.56 Å².